The monoisotopic (exact) mass is 454 g/mol. The van der Waals surface area contributed by atoms with Crippen LogP contribution in [0, 0.1) is 6.92 Å². The molecule has 5 rings (SSSR count). The summed E-state index contributed by atoms with van der Waals surface area (Å²) in [7, 11) is 0. The smallest absolute Gasteiger partial charge is 0.264 e. The van der Waals surface area contributed by atoms with E-state index in [1.807, 2.05) is 4.90 Å². The molecule has 31 heavy (non-hydrogen) atoms. The van der Waals surface area contributed by atoms with Crippen LogP contribution < -0.4 is 0 Å². The Labute approximate surface area is 195 Å². The molecule has 0 N–H and O–H groups in total. The van der Waals surface area contributed by atoms with Gasteiger partial charge in [0, 0.05) is 24.0 Å². The molecule has 166 valence electrons. The molecule has 4 heterocycles. The van der Waals surface area contributed by atoms with E-state index in [1.54, 1.807) is 11.3 Å². The minimum absolute atomic E-state index is 0.228. The maximum Gasteiger partial charge on any atom is 0.264 e. The van der Waals surface area contributed by atoms with E-state index in [-0.39, 0.29) is 5.91 Å². The number of carbonyl (C=O) groups excluding carboxylic acids is 1. The highest BCUT2D eigenvalue weighted by Crippen LogP contribution is 2.35. The van der Waals surface area contributed by atoms with Gasteiger partial charge >= 0.3 is 0 Å². The zero-order chi connectivity index (χ0) is 21.2. The third-order valence-electron chi connectivity index (χ3n) is 7.41. The number of thiophene rings is 1. The number of piperidine rings is 1. The maximum atomic E-state index is 12.8. The number of hydrogen-bond acceptors (Lipinski definition) is 4. The van der Waals surface area contributed by atoms with Crippen LogP contribution in [0.4, 0.5) is 0 Å². The second-order valence-electron chi connectivity index (χ2n) is 9.40. The molecule has 0 spiro atoms. The van der Waals surface area contributed by atoms with Gasteiger partial charge in [0.05, 0.1) is 4.88 Å². The molecule has 3 saturated heterocycles. The van der Waals surface area contributed by atoms with Crippen LogP contribution in [0.2, 0.25) is 0 Å². The van der Waals surface area contributed by atoms with Crippen molar-refractivity contribution < 1.29 is 4.79 Å². The van der Waals surface area contributed by atoms with Gasteiger partial charge in [-0.25, -0.2) is 0 Å². The zero-order valence-corrected chi connectivity index (χ0v) is 20.3. The quantitative estimate of drug-likeness (QED) is 0.563. The Bertz CT molecular complexity index is 887. The highest BCUT2D eigenvalue weighted by Gasteiger charge is 2.27. The van der Waals surface area contributed by atoms with E-state index in [1.165, 1.54) is 66.3 Å². The molecule has 0 unspecified atom stereocenters. The van der Waals surface area contributed by atoms with Gasteiger partial charge in [-0.1, -0.05) is 24.3 Å². The first-order valence-electron chi connectivity index (χ1n) is 12.0. The molecule has 0 atom stereocenters. The van der Waals surface area contributed by atoms with Crippen LogP contribution in [0.15, 0.2) is 30.3 Å². The molecule has 2 aromatic rings. The summed E-state index contributed by atoms with van der Waals surface area (Å²) in [5.74, 6) is 3.62. The van der Waals surface area contributed by atoms with Gasteiger partial charge < -0.3 is 9.80 Å². The highest BCUT2D eigenvalue weighted by molar-refractivity contribution is 7.99. The number of rotatable bonds is 4. The van der Waals surface area contributed by atoms with Gasteiger partial charge in [0.25, 0.3) is 5.91 Å². The number of benzene rings is 1. The van der Waals surface area contributed by atoms with Crippen LogP contribution in [0.5, 0.6) is 0 Å². The standard InChI is InChI=1S/C26H34N2OS2/c1-19-18-24(31-25(19)26(29)28-12-2-3-13-28)22-6-4-20(5-7-22)21-8-14-27(15-9-21)23-10-16-30-17-11-23/h4-7,18,21,23H,2-3,8-17H2,1H3. The van der Waals surface area contributed by atoms with Gasteiger partial charge in [-0.3, -0.25) is 4.79 Å². The summed E-state index contributed by atoms with van der Waals surface area (Å²) in [5, 5.41) is 0. The van der Waals surface area contributed by atoms with E-state index < -0.39 is 0 Å². The van der Waals surface area contributed by atoms with Crippen LogP contribution in [0.1, 0.15) is 65.2 Å². The van der Waals surface area contributed by atoms with E-state index in [0.29, 0.717) is 5.92 Å². The van der Waals surface area contributed by atoms with Crippen LogP contribution in [0.3, 0.4) is 0 Å². The summed E-state index contributed by atoms with van der Waals surface area (Å²) in [5.41, 5.74) is 3.85. The molecule has 0 bridgehead atoms. The minimum atomic E-state index is 0.228. The first-order valence-corrected chi connectivity index (χ1v) is 14.0. The maximum absolute atomic E-state index is 12.8. The SMILES string of the molecule is Cc1cc(-c2ccc(C3CCN(C4CCSCC4)CC3)cc2)sc1C(=O)N1CCCC1. The van der Waals surface area contributed by atoms with Crippen molar-refractivity contribution in [3.05, 3.63) is 46.3 Å². The molecule has 0 saturated carbocycles. The van der Waals surface area contributed by atoms with Crippen molar-refractivity contribution in [2.75, 3.05) is 37.7 Å². The lowest BCUT2D eigenvalue weighted by molar-refractivity contribution is 0.0797. The van der Waals surface area contributed by atoms with Gasteiger partial charge in [0.1, 0.15) is 0 Å². The molecular formula is C26H34N2OS2. The first-order chi connectivity index (χ1) is 15.2. The van der Waals surface area contributed by atoms with Gasteiger partial charge in [0.2, 0.25) is 0 Å². The molecule has 3 fully saturated rings. The van der Waals surface area contributed by atoms with Gasteiger partial charge in [-0.15, -0.1) is 11.3 Å². The highest BCUT2D eigenvalue weighted by atomic mass is 32.2. The Morgan fingerprint density at radius 1 is 0.935 bits per heavy atom. The number of amides is 1. The lowest BCUT2D eigenvalue weighted by Crippen LogP contribution is -2.42. The Morgan fingerprint density at radius 3 is 2.29 bits per heavy atom. The fourth-order valence-corrected chi connectivity index (χ4v) is 7.70. The summed E-state index contributed by atoms with van der Waals surface area (Å²) < 4.78 is 0. The van der Waals surface area contributed by atoms with Crippen molar-refractivity contribution in [3.8, 4) is 10.4 Å². The van der Waals surface area contributed by atoms with Gasteiger partial charge in [0.15, 0.2) is 0 Å². The second-order valence-corrected chi connectivity index (χ2v) is 11.7. The molecule has 5 heteroatoms. The molecule has 3 nitrogen and oxygen atoms in total. The number of likely N-dealkylation sites (tertiary alicyclic amines) is 2. The zero-order valence-electron chi connectivity index (χ0n) is 18.6. The van der Waals surface area contributed by atoms with Crippen molar-refractivity contribution in [1.82, 2.24) is 9.80 Å². The molecular weight excluding hydrogens is 420 g/mol. The van der Waals surface area contributed by atoms with Crippen molar-refractivity contribution in [2.45, 2.75) is 57.4 Å². The molecule has 1 aromatic carbocycles. The van der Waals surface area contributed by atoms with Gasteiger partial charge in [-0.05, 0) is 98.7 Å². The van der Waals surface area contributed by atoms with E-state index in [9.17, 15) is 4.79 Å². The summed E-state index contributed by atoms with van der Waals surface area (Å²) in [6.45, 7) is 6.43. The Kier molecular flexibility index (Phi) is 6.73. The third kappa shape index (κ3) is 4.74. The van der Waals surface area contributed by atoms with Crippen LogP contribution in [-0.2, 0) is 0 Å². The summed E-state index contributed by atoms with van der Waals surface area (Å²) in [6.07, 6.45) is 7.62. The Balaban J connectivity index is 1.22. The molecule has 1 amide bonds. The number of thioether (sulfide) groups is 1. The van der Waals surface area contributed by atoms with Crippen LogP contribution in [0.25, 0.3) is 10.4 Å². The minimum Gasteiger partial charge on any atom is -0.338 e. The van der Waals surface area contributed by atoms with Crippen molar-refractivity contribution in [2.24, 2.45) is 0 Å². The third-order valence-corrected chi connectivity index (χ3v) is 9.73. The van der Waals surface area contributed by atoms with E-state index >= 15 is 0 Å². The molecule has 3 aliphatic heterocycles. The topological polar surface area (TPSA) is 23.6 Å². The van der Waals surface area contributed by atoms with E-state index in [4.69, 9.17) is 0 Å². The average molecular weight is 455 g/mol. The normalized spacial score (nSPS) is 21.6. The van der Waals surface area contributed by atoms with Crippen molar-refractivity contribution in [3.63, 3.8) is 0 Å². The summed E-state index contributed by atoms with van der Waals surface area (Å²) in [6, 6.07) is 12.3. The summed E-state index contributed by atoms with van der Waals surface area (Å²) >= 11 is 3.79. The molecule has 0 radical (unpaired) electrons. The van der Waals surface area contributed by atoms with Gasteiger partial charge in [-0.2, -0.15) is 11.8 Å². The second kappa shape index (κ2) is 9.68. The number of hydrogen-bond donors (Lipinski definition) is 0. The largest absolute Gasteiger partial charge is 0.338 e. The van der Waals surface area contributed by atoms with Crippen LogP contribution in [-0.4, -0.2) is 59.4 Å². The fourth-order valence-electron chi connectivity index (χ4n) is 5.47. The summed E-state index contributed by atoms with van der Waals surface area (Å²) in [4.78, 5) is 19.8. The Morgan fingerprint density at radius 2 is 1.61 bits per heavy atom. The van der Waals surface area contributed by atoms with Crippen molar-refractivity contribution >= 4 is 29.0 Å². The predicted molar refractivity (Wildman–Crippen MR) is 134 cm³/mol. The Hall–Kier alpha value is -1.30. The van der Waals surface area contributed by atoms with E-state index in [0.717, 1.165) is 42.4 Å². The average Bonchev–Trinajstić information content (AvgIpc) is 3.50. The number of nitrogens with zero attached hydrogens (tertiary/aromatic N) is 2. The number of aryl methyl sites for hydroxylation is 1. The lowest BCUT2D eigenvalue weighted by atomic mass is 9.88. The number of carbonyl (C=O) groups is 1. The first kappa shape index (κ1) is 21.5. The fraction of sp³-hybridized carbons (Fsp3) is 0.577. The molecule has 3 aliphatic rings. The molecule has 1 aromatic heterocycles. The van der Waals surface area contributed by atoms with E-state index in [2.05, 4.69) is 53.9 Å². The predicted octanol–water partition coefficient (Wildman–Crippen LogP) is 6.03. The van der Waals surface area contributed by atoms with Crippen molar-refractivity contribution in [1.29, 1.82) is 0 Å². The van der Waals surface area contributed by atoms with Crippen LogP contribution >= 0.6 is 23.1 Å². The lowest BCUT2D eigenvalue weighted by Gasteiger charge is -2.39. The molecule has 0 aliphatic carbocycles.